The molecule has 1 fully saturated rings. The largest absolute Gasteiger partial charge is 0.356 e. The number of fused-ring (bicyclic) bond motifs is 2. The average Bonchev–Trinajstić information content (AvgIpc) is 2.60. The highest BCUT2D eigenvalue weighted by Gasteiger charge is 2.56. The predicted octanol–water partition coefficient (Wildman–Crippen LogP) is 3.43. The Bertz CT molecular complexity index is 380. The van der Waals surface area contributed by atoms with Crippen LogP contribution < -0.4 is 0 Å². The Labute approximate surface area is 104 Å². The zero-order valence-corrected chi connectivity index (χ0v) is 11.1. The van der Waals surface area contributed by atoms with Crippen LogP contribution in [0.25, 0.3) is 0 Å². The zero-order chi connectivity index (χ0) is 12.7. The first-order chi connectivity index (χ1) is 7.94. The van der Waals surface area contributed by atoms with Crippen molar-refractivity contribution in [3.8, 4) is 0 Å². The summed E-state index contributed by atoms with van der Waals surface area (Å²) in [6, 6.07) is 0. The fraction of sp³-hybridized carbons (Fsp3) is 0.667. The van der Waals surface area contributed by atoms with Gasteiger partial charge in [0.2, 0.25) is 0 Å². The van der Waals surface area contributed by atoms with Crippen LogP contribution in [0.15, 0.2) is 24.3 Å². The third kappa shape index (κ3) is 1.79. The van der Waals surface area contributed by atoms with Gasteiger partial charge in [-0.05, 0) is 50.2 Å². The van der Waals surface area contributed by atoms with Crippen molar-refractivity contribution in [3.63, 3.8) is 0 Å². The van der Waals surface area contributed by atoms with Crippen LogP contribution in [0, 0.1) is 5.92 Å². The topological polar surface area (TPSA) is 26.3 Å². The van der Waals surface area contributed by atoms with Gasteiger partial charge in [0.25, 0.3) is 0 Å². The molecule has 2 heteroatoms. The first-order valence-corrected chi connectivity index (χ1v) is 6.51. The van der Waals surface area contributed by atoms with E-state index in [1.54, 1.807) is 0 Å². The van der Waals surface area contributed by atoms with Gasteiger partial charge in [-0.25, -0.2) is 0 Å². The molecule has 2 heterocycles. The standard InChI is InChI=1S/C15H22O2/c1-5-6-7-12-10-13(16)15(11(2)3)9-8-14(12,4)17-15/h5,10-11H,1,6-9H2,2-4H3/t14-,15-/m1/s1. The smallest absolute Gasteiger partial charge is 0.187 e. The summed E-state index contributed by atoms with van der Waals surface area (Å²) in [6.07, 6.45) is 7.36. The van der Waals surface area contributed by atoms with Crippen molar-refractivity contribution in [1.29, 1.82) is 0 Å². The maximum absolute atomic E-state index is 12.3. The molecule has 2 atom stereocenters. The second-order valence-corrected chi connectivity index (χ2v) is 5.74. The Morgan fingerprint density at radius 3 is 2.82 bits per heavy atom. The minimum Gasteiger partial charge on any atom is -0.356 e. The van der Waals surface area contributed by atoms with E-state index in [0.717, 1.165) is 31.3 Å². The first-order valence-electron chi connectivity index (χ1n) is 6.51. The Hall–Kier alpha value is -0.890. The molecule has 94 valence electrons. The monoisotopic (exact) mass is 234 g/mol. The van der Waals surface area contributed by atoms with Gasteiger partial charge in [-0.1, -0.05) is 19.9 Å². The van der Waals surface area contributed by atoms with Crippen molar-refractivity contribution in [3.05, 3.63) is 24.3 Å². The molecule has 0 spiro atoms. The lowest BCUT2D eigenvalue weighted by molar-refractivity contribution is -0.155. The summed E-state index contributed by atoms with van der Waals surface area (Å²) in [5, 5.41) is 0. The van der Waals surface area contributed by atoms with Gasteiger partial charge in [-0.3, -0.25) is 4.79 Å². The molecule has 0 amide bonds. The van der Waals surface area contributed by atoms with Crippen LogP contribution in [0.3, 0.4) is 0 Å². The van der Waals surface area contributed by atoms with Crippen molar-refractivity contribution in [1.82, 2.24) is 0 Å². The molecule has 2 aliphatic heterocycles. The highest BCUT2D eigenvalue weighted by molar-refractivity contribution is 5.99. The Kier molecular flexibility index (Phi) is 3.03. The van der Waals surface area contributed by atoms with Crippen LogP contribution in [-0.2, 0) is 9.53 Å². The van der Waals surface area contributed by atoms with Crippen LogP contribution in [0.4, 0.5) is 0 Å². The van der Waals surface area contributed by atoms with E-state index in [4.69, 9.17) is 4.74 Å². The van der Waals surface area contributed by atoms with E-state index in [-0.39, 0.29) is 17.3 Å². The van der Waals surface area contributed by atoms with Crippen LogP contribution in [0.2, 0.25) is 0 Å². The molecule has 2 bridgehead atoms. The number of ketones is 1. The van der Waals surface area contributed by atoms with Crippen LogP contribution in [0.5, 0.6) is 0 Å². The third-order valence-electron chi connectivity index (χ3n) is 4.33. The summed E-state index contributed by atoms with van der Waals surface area (Å²) in [4.78, 5) is 12.3. The first kappa shape index (κ1) is 12.6. The van der Waals surface area contributed by atoms with Crippen LogP contribution in [-0.4, -0.2) is 17.0 Å². The van der Waals surface area contributed by atoms with E-state index in [2.05, 4.69) is 27.4 Å². The van der Waals surface area contributed by atoms with Crippen molar-refractivity contribution in [2.75, 3.05) is 0 Å². The van der Waals surface area contributed by atoms with E-state index in [1.807, 2.05) is 12.2 Å². The highest BCUT2D eigenvalue weighted by atomic mass is 16.5. The molecule has 17 heavy (non-hydrogen) atoms. The lowest BCUT2D eigenvalue weighted by Gasteiger charge is -2.39. The lowest BCUT2D eigenvalue weighted by Crippen LogP contribution is -2.48. The molecule has 1 saturated heterocycles. The van der Waals surface area contributed by atoms with Gasteiger partial charge in [0.15, 0.2) is 5.78 Å². The Balaban J connectivity index is 2.32. The molecule has 2 nitrogen and oxygen atoms in total. The van der Waals surface area contributed by atoms with Gasteiger partial charge >= 0.3 is 0 Å². The molecule has 0 aromatic carbocycles. The van der Waals surface area contributed by atoms with Crippen LogP contribution >= 0.6 is 0 Å². The van der Waals surface area contributed by atoms with Crippen molar-refractivity contribution in [2.24, 2.45) is 5.92 Å². The fourth-order valence-corrected chi connectivity index (χ4v) is 3.05. The number of carbonyl (C=O) groups is 1. The van der Waals surface area contributed by atoms with Gasteiger partial charge in [-0.15, -0.1) is 6.58 Å². The second-order valence-electron chi connectivity index (χ2n) is 5.74. The number of ether oxygens (including phenoxy) is 1. The summed E-state index contributed by atoms with van der Waals surface area (Å²) in [5.74, 6) is 0.413. The molecule has 0 aliphatic carbocycles. The summed E-state index contributed by atoms with van der Waals surface area (Å²) in [5.41, 5.74) is 0.379. The Morgan fingerprint density at radius 1 is 1.53 bits per heavy atom. The normalized spacial score (nSPS) is 36.2. The third-order valence-corrected chi connectivity index (χ3v) is 4.33. The molecule has 0 unspecified atom stereocenters. The van der Waals surface area contributed by atoms with Gasteiger partial charge < -0.3 is 4.74 Å². The predicted molar refractivity (Wildman–Crippen MR) is 68.8 cm³/mol. The van der Waals surface area contributed by atoms with Gasteiger partial charge in [-0.2, -0.15) is 0 Å². The van der Waals surface area contributed by atoms with E-state index < -0.39 is 5.60 Å². The summed E-state index contributed by atoms with van der Waals surface area (Å²) >= 11 is 0. The van der Waals surface area contributed by atoms with E-state index in [1.165, 1.54) is 0 Å². The molecule has 0 radical (unpaired) electrons. The highest BCUT2D eigenvalue weighted by Crippen LogP contribution is 2.50. The quantitative estimate of drug-likeness (QED) is 0.697. The maximum atomic E-state index is 12.3. The average molecular weight is 234 g/mol. The van der Waals surface area contributed by atoms with Crippen molar-refractivity contribution < 1.29 is 9.53 Å². The fourth-order valence-electron chi connectivity index (χ4n) is 3.05. The molecular formula is C15H22O2. The van der Waals surface area contributed by atoms with Crippen LogP contribution in [0.1, 0.15) is 46.5 Å². The van der Waals surface area contributed by atoms with E-state index in [0.29, 0.717) is 0 Å². The van der Waals surface area contributed by atoms with Gasteiger partial charge in [0.05, 0.1) is 5.60 Å². The Morgan fingerprint density at radius 2 is 2.24 bits per heavy atom. The molecule has 0 saturated carbocycles. The molecule has 0 aromatic heterocycles. The van der Waals surface area contributed by atoms with Gasteiger partial charge in [0, 0.05) is 0 Å². The SMILES string of the molecule is C=CCCC1=CC(=O)[C@]2(C(C)C)CC[C@@]1(C)O2. The van der Waals surface area contributed by atoms with E-state index in [9.17, 15) is 4.79 Å². The number of carbonyl (C=O) groups excluding carboxylic acids is 1. The number of hydrogen-bond donors (Lipinski definition) is 0. The maximum Gasteiger partial charge on any atom is 0.187 e. The summed E-state index contributed by atoms with van der Waals surface area (Å²) < 4.78 is 6.20. The zero-order valence-electron chi connectivity index (χ0n) is 11.1. The lowest BCUT2D eigenvalue weighted by atomic mass is 9.83. The van der Waals surface area contributed by atoms with Crippen molar-refractivity contribution in [2.45, 2.75) is 57.7 Å². The molecular weight excluding hydrogens is 212 g/mol. The number of hydrogen-bond acceptors (Lipinski definition) is 2. The molecule has 2 aliphatic rings. The molecule has 0 aromatic rings. The number of allylic oxidation sites excluding steroid dienone is 1. The van der Waals surface area contributed by atoms with E-state index >= 15 is 0 Å². The number of rotatable bonds is 4. The second kappa shape index (κ2) is 4.09. The minimum atomic E-state index is -0.549. The molecule has 0 N–H and O–H groups in total. The summed E-state index contributed by atoms with van der Waals surface area (Å²) in [6.45, 7) is 10.0. The minimum absolute atomic E-state index is 0.168. The van der Waals surface area contributed by atoms with Crippen molar-refractivity contribution >= 4 is 5.78 Å². The molecule has 2 rings (SSSR count). The summed E-state index contributed by atoms with van der Waals surface area (Å²) in [7, 11) is 0. The van der Waals surface area contributed by atoms with Gasteiger partial charge in [0.1, 0.15) is 5.60 Å².